The second kappa shape index (κ2) is 8.08. The smallest absolute Gasteiger partial charge is 0.255 e. The van der Waals surface area contributed by atoms with Crippen molar-refractivity contribution in [2.45, 2.75) is 27.7 Å². The number of aryl methyl sites for hydroxylation is 3. The number of para-hydroxylation sites is 1. The number of hydrogen-bond acceptors (Lipinski definition) is 3. The molecular weight excluding hydrogens is 352 g/mol. The van der Waals surface area contributed by atoms with Gasteiger partial charge in [-0.3, -0.25) is 9.59 Å². The van der Waals surface area contributed by atoms with Gasteiger partial charge in [-0.1, -0.05) is 35.9 Å². The number of amides is 2. The third-order valence-electron chi connectivity index (χ3n) is 4.61. The van der Waals surface area contributed by atoms with Crippen LogP contribution in [0.5, 0.6) is 0 Å². The van der Waals surface area contributed by atoms with E-state index in [-0.39, 0.29) is 18.4 Å². The fourth-order valence-corrected chi connectivity index (χ4v) is 3.28. The average molecular weight is 376 g/mol. The third-order valence-corrected chi connectivity index (χ3v) is 4.61. The van der Waals surface area contributed by atoms with Crippen LogP contribution < -0.4 is 10.6 Å². The molecule has 1 aromatic heterocycles. The molecule has 0 aliphatic heterocycles. The van der Waals surface area contributed by atoms with Gasteiger partial charge in [0.05, 0.1) is 29.7 Å². The summed E-state index contributed by atoms with van der Waals surface area (Å²) < 4.78 is 1.70. The fraction of sp³-hybridized carbons (Fsp3) is 0.227. The molecule has 0 saturated carbocycles. The van der Waals surface area contributed by atoms with Crippen molar-refractivity contribution in [1.29, 1.82) is 0 Å². The highest BCUT2D eigenvalue weighted by Gasteiger charge is 2.16. The Morgan fingerprint density at radius 3 is 2.29 bits per heavy atom. The molecule has 0 saturated heterocycles. The molecule has 3 aromatic rings. The van der Waals surface area contributed by atoms with Crippen molar-refractivity contribution in [2.75, 3.05) is 11.9 Å². The zero-order chi connectivity index (χ0) is 20.3. The standard InChI is InChI=1S/C22H24N4O2/c1-14-10-15(2)21(16(3)11-14)25-20(27)13-23-22(28)19-12-24-26(17(19)4)18-8-6-5-7-9-18/h5-12H,13H2,1-4H3,(H,23,28)(H,25,27). The molecule has 0 atom stereocenters. The predicted molar refractivity (Wildman–Crippen MR) is 110 cm³/mol. The van der Waals surface area contributed by atoms with Gasteiger partial charge in [0.2, 0.25) is 5.91 Å². The van der Waals surface area contributed by atoms with Crippen molar-refractivity contribution in [1.82, 2.24) is 15.1 Å². The lowest BCUT2D eigenvalue weighted by atomic mass is 10.1. The highest BCUT2D eigenvalue weighted by atomic mass is 16.2. The SMILES string of the molecule is Cc1cc(C)c(NC(=O)CNC(=O)c2cnn(-c3ccccc3)c2C)c(C)c1. The number of nitrogens with zero attached hydrogens (tertiary/aromatic N) is 2. The monoisotopic (exact) mass is 376 g/mol. The van der Waals surface area contributed by atoms with Crippen molar-refractivity contribution in [3.63, 3.8) is 0 Å². The number of carbonyl (C=O) groups is 2. The van der Waals surface area contributed by atoms with Crippen LogP contribution in [0.1, 0.15) is 32.7 Å². The quantitative estimate of drug-likeness (QED) is 0.716. The Hall–Kier alpha value is -3.41. The van der Waals surface area contributed by atoms with Crippen molar-refractivity contribution >= 4 is 17.5 Å². The minimum Gasteiger partial charge on any atom is -0.343 e. The molecule has 144 valence electrons. The van der Waals surface area contributed by atoms with E-state index >= 15 is 0 Å². The van der Waals surface area contributed by atoms with Crippen LogP contribution in [0.15, 0.2) is 48.7 Å². The minimum absolute atomic E-state index is 0.110. The second-order valence-corrected chi connectivity index (χ2v) is 6.90. The van der Waals surface area contributed by atoms with E-state index in [2.05, 4.69) is 15.7 Å². The molecule has 28 heavy (non-hydrogen) atoms. The van der Waals surface area contributed by atoms with Crippen LogP contribution in [0.25, 0.3) is 5.69 Å². The van der Waals surface area contributed by atoms with E-state index in [1.807, 2.05) is 70.2 Å². The van der Waals surface area contributed by atoms with Gasteiger partial charge in [-0.15, -0.1) is 0 Å². The highest BCUT2D eigenvalue weighted by Crippen LogP contribution is 2.21. The summed E-state index contributed by atoms with van der Waals surface area (Å²) in [6, 6.07) is 13.6. The lowest BCUT2D eigenvalue weighted by Gasteiger charge is -2.13. The summed E-state index contributed by atoms with van der Waals surface area (Å²) >= 11 is 0. The summed E-state index contributed by atoms with van der Waals surface area (Å²) in [5, 5.41) is 9.84. The largest absolute Gasteiger partial charge is 0.343 e. The first kappa shape index (κ1) is 19.4. The van der Waals surface area contributed by atoms with E-state index in [1.54, 1.807) is 4.68 Å². The zero-order valence-corrected chi connectivity index (χ0v) is 16.5. The summed E-state index contributed by atoms with van der Waals surface area (Å²) in [5.74, 6) is -0.594. The van der Waals surface area contributed by atoms with Crippen LogP contribution in [0.3, 0.4) is 0 Å². The number of rotatable bonds is 5. The number of hydrogen-bond donors (Lipinski definition) is 2. The van der Waals surface area contributed by atoms with Gasteiger partial charge in [-0.25, -0.2) is 4.68 Å². The number of aromatic nitrogens is 2. The van der Waals surface area contributed by atoms with E-state index in [0.717, 1.165) is 28.1 Å². The third kappa shape index (κ3) is 4.11. The molecule has 0 bridgehead atoms. The maximum atomic E-state index is 12.5. The zero-order valence-electron chi connectivity index (χ0n) is 16.5. The van der Waals surface area contributed by atoms with Gasteiger partial charge in [0.25, 0.3) is 5.91 Å². The van der Waals surface area contributed by atoms with E-state index in [9.17, 15) is 9.59 Å². The first-order chi connectivity index (χ1) is 13.4. The molecule has 2 N–H and O–H groups in total. The van der Waals surface area contributed by atoms with Crippen molar-refractivity contribution < 1.29 is 9.59 Å². The van der Waals surface area contributed by atoms with Gasteiger partial charge < -0.3 is 10.6 Å². The molecule has 6 nitrogen and oxygen atoms in total. The van der Waals surface area contributed by atoms with Crippen LogP contribution >= 0.6 is 0 Å². The van der Waals surface area contributed by atoms with Gasteiger partial charge in [0.1, 0.15) is 0 Å². The van der Waals surface area contributed by atoms with E-state index in [1.165, 1.54) is 6.20 Å². The number of carbonyl (C=O) groups excluding carboxylic acids is 2. The average Bonchev–Trinajstić information content (AvgIpc) is 3.05. The van der Waals surface area contributed by atoms with Crippen LogP contribution in [-0.4, -0.2) is 28.1 Å². The first-order valence-electron chi connectivity index (χ1n) is 9.12. The normalized spacial score (nSPS) is 10.6. The predicted octanol–water partition coefficient (Wildman–Crippen LogP) is 3.47. The lowest BCUT2D eigenvalue weighted by molar-refractivity contribution is -0.115. The molecule has 2 amide bonds. The molecule has 2 aromatic carbocycles. The second-order valence-electron chi connectivity index (χ2n) is 6.90. The Morgan fingerprint density at radius 1 is 1.00 bits per heavy atom. The Labute approximate surface area is 164 Å². The van der Waals surface area contributed by atoms with Crippen molar-refractivity contribution in [3.8, 4) is 5.69 Å². The van der Waals surface area contributed by atoms with Gasteiger partial charge in [0.15, 0.2) is 0 Å². The van der Waals surface area contributed by atoms with Gasteiger partial charge in [0, 0.05) is 5.69 Å². The van der Waals surface area contributed by atoms with Crippen molar-refractivity contribution in [3.05, 3.63) is 76.6 Å². The van der Waals surface area contributed by atoms with E-state index in [4.69, 9.17) is 0 Å². The molecule has 0 spiro atoms. The topological polar surface area (TPSA) is 76.0 Å². The van der Waals surface area contributed by atoms with Crippen molar-refractivity contribution in [2.24, 2.45) is 0 Å². The van der Waals surface area contributed by atoms with Crippen LogP contribution in [0.2, 0.25) is 0 Å². The summed E-state index contributed by atoms with van der Waals surface area (Å²) in [5.41, 5.74) is 5.97. The maximum Gasteiger partial charge on any atom is 0.255 e. The molecule has 0 aliphatic rings. The summed E-state index contributed by atoms with van der Waals surface area (Å²) in [7, 11) is 0. The Morgan fingerprint density at radius 2 is 1.64 bits per heavy atom. The Kier molecular flexibility index (Phi) is 5.59. The number of benzene rings is 2. The lowest BCUT2D eigenvalue weighted by Crippen LogP contribution is -2.33. The maximum absolute atomic E-state index is 12.5. The molecule has 6 heteroatoms. The molecular formula is C22H24N4O2. The molecule has 0 unspecified atom stereocenters. The molecule has 0 radical (unpaired) electrons. The van der Waals surface area contributed by atoms with Crippen LogP contribution in [-0.2, 0) is 4.79 Å². The van der Waals surface area contributed by atoms with Gasteiger partial charge in [-0.05, 0) is 51.0 Å². The minimum atomic E-state index is -0.327. The van der Waals surface area contributed by atoms with Gasteiger partial charge >= 0.3 is 0 Å². The van der Waals surface area contributed by atoms with Gasteiger partial charge in [-0.2, -0.15) is 5.10 Å². The van der Waals surface area contributed by atoms with Crippen LogP contribution in [0, 0.1) is 27.7 Å². The Bertz CT molecular complexity index is 999. The van der Waals surface area contributed by atoms with E-state index < -0.39 is 0 Å². The summed E-state index contributed by atoms with van der Waals surface area (Å²) in [4.78, 5) is 24.8. The highest BCUT2D eigenvalue weighted by molar-refractivity contribution is 6.00. The molecule has 0 fully saturated rings. The molecule has 3 rings (SSSR count). The fourth-order valence-electron chi connectivity index (χ4n) is 3.28. The summed E-state index contributed by atoms with van der Waals surface area (Å²) in [6.45, 7) is 7.64. The van der Waals surface area contributed by atoms with E-state index in [0.29, 0.717) is 11.3 Å². The Balaban J connectivity index is 1.65. The molecule has 1 heterocycles. The molecule has 0 aliphatic carbocycles. The van der Waals surface area contributed by atoms with Crippen LogP contribution in [0.4, 0.5) is 5.69 Å². The number of anilines is 1. The number of nitrogens with one attached hydrogen (secondary N) is 2. The first-order valence-corrected chi connectivity index (χ1v) is 9.12. The summed E-state index contributed by atoms with van der Waals surface area (Å²) in [6.07, 6.45) is 1.52.